The Balaban J connectivity index is 2.36. The van der Waals surface area contributed by atoms with Gasteiger partial charge in [0, 0.05) is 18.2 Å². The third kappa shape index (κ3) is 3.46. The van der Waals surface area contributed by atoms with Gasteiger partial charge >= 0.3 is 0 Å². The Bertz CT molecular complexity index is 770. The molecule has 0 amide bonds. The lowest BCUT2D eigenvalue weighted by Gasteiger charge is -2.10. The first-order valence-corrected chi connectivity index (χ1v) is 8.00. The van der Waals surface area contributed by atoms with E-state index >= 15 is 0 Å². The van der Waals surface area contributed by atoms with Crippen LogP contribution in [0.2, 0.25) is 0 Å². The molecular formula is C15H16N2O3S. The van der Waals surface area contributed by atoms with Gasteiger partial charge in [0.15, 0.2) is 5.78 Å². The van der Waals surface area contributed by atoms with Crippen molar-refractivity contribution in [1.82, 2.24) is 4.98 Å². The van der Waals surface area contributed by atoms with E-state index in [1.807, 2.05) is 0 Å². The highest BCUT2D eigenvalue weighted by Crippen LogP contribution is 2.18. The van der Waals surface area contributed by atoms with E-state index in [0.717, 1.165) is 5.56 Å². The highest BCUT2D eigenvalue weighted by Gasteiger charge is 2.17. The molecule has 1 heterocycles. The third-order valence-corrected chi connectivity index (χ3v) is 4.36. The standard InChI is InChI=1S/C15H16N2O3S/c1-3-14(18)12-7-4-8-13(10-12)21(19,20)17-15-11(2)6-5-9-16-15/h4-10H,3H2,1-2H3,(H,16,17). The molecule has 0 atom stereocenters. The molecule has 1 aromatic heterocycles. The van der Waals surface area contributed by atoms with E-state index in [9.17, 15) is 13.2 Å². The molecule has 110 valence electrons. The number of hydrogen-bond donors (Lipinski definition) is 1. The summed E-state index contributed by atoms with van der Waals surface area (Å²) in [6.07, 6.45) is 1.85. The first-order chi connectivity index (χ1) is 9.94. The summed E-state index contributed by atoms with van der Waals surface area (Å²) in [6.45, 7) is 3.50. The van der Waals surface area contributed by atoms with Crippen molar-refractivity contribution in [3.63, 3.8) is 0 Å². The Morgan fingerprint density at radius 3 is 2.67 bits per heavy atom. The van der Waals surface area contributed by atoms with Gasteiger partial charge in [0.2, 0.25) is 0 Å². The molecule has 0 spiro atoms. The van der Waals surface area contributed by atoms with Crippen molar-refractivity contribution < 1.29 is 13.2 Å². The van der Waals surface area contributed by atoms with E-state index < -0.39 is 10.0 Å². The topological polar surface area (TPSA) is 76.1 Å². The number of pyridine rings is 1. The Hall–Kier alpha value is -2.21. The van der Waals surface area contributed by atoms with Crippen molar-refractivity contribution in [2.24, 2.45) is 0 Å². The minimum atomic E-state index is -3.76. The number of nitrogens with zero attached hydrogens (tertiary/aromatic N) is 1. The van der Waals surface area contributed by atoms with Crippen molar-refractivity contribution >= 4 is 21.6 Å². The molecule has 0 aliphatic heterocycles. The van der Waals surface area contributed by atoms with Crippen LogP contribution in [0.3, 0.4) is 0 Å². The Labute approximate surface area is 124 Å². The zero-order valence-electron chi connectivity index (χ0n) is 11.8. The Morgan fingerprint density at radius 2 is 2.00 bits per heavy atom. The molecule has 0 saturated carbocycles. The molecule has 0 radical (unpaired) electrons. The SMILES string of the molecule is CCC(=O)c1cccc(S(=O)(=O)Nc2ncccc2C)c1. The summed E-state index contributed by atoms with van der Waals surface area (Å²) < 4.78 is 27.1. The molecule has 0 unspecified atom stereocenters. The summed E-state index contributed by atoms with van der Waals surface area (Å²) in [7, 11) is -3.76. The predicted molar refractivity (Wildman–Crippen MR) is 80.8 cm³/mol. The quantitative estimate of drug-likeness (QED) is 0.862. The summed E-state index contributed by atoms with van der Waals surface area (Å²) in [6, 6.07) is 9.49. The normalized spacial score (nSPS) is 11.1. The first-order valence-electron chi connectivity index (χ1n) is 6.51. The molecule has 0 bridgehead atoms. The van der Waals surface area contributed by atoms with E-state index in [4.69, 9.17) is 0 Å². The van der Waals surface area contributed by atoms with Crippen molar-refractivity contribution in [2.45, 2.75) is 25.2 Å². The number of benzene rings is 1. The van der Waals surface area contributed by atoms with Gasteiger partial charge in [0.1, 0.15) is 5.82 Å². The van der Waals surface area contributed by atoms with Gasteiger partial charge in [-0.25, -0.2) is 13.4 Å². The molecule has 1 N–H and O–H groups in total. The van der Waals surface area contributed by atoms with Crippen molar-refractivity contribution in [2.75, 3.05) is 4.72 Å². The second-order valence-corrected chi connectivity index (χ2v) is 6.26. The molecule has 1 aromatic carbocycles. The van der Waals surface area contributed by atoms with Crippen LogP contribution in [0.1, 0.15) is 29.3 Å². The molecule has 0 saturated heterocycles. The number of nitrogens with one attached hydrogen (secondary N) is 1. The van der Waals surface area contributed by atoms with Crippen molar-refractivity contribution in [1.29, 1.82) is 0 Å². The predicted octanol–water partition coefficient (Wildman–Crippen LogP) is 2.78. The van der Waals surface area contributed by atoms with Crippen LogP contribution in [0.5, 0.6) is 0 Å². The van der Waals surface area contributed by atoms with Crippen molar-refractivity contribution in [3.8, 4) is 0 Å². The fourth-order valence-corrected chi connectivity index (χ4v) is 2.95. The molecule has 2 aromatic rings. The van der Waals surface area contributed by atoms with Crippen LogP contribution in [-0.4, -0.2) is 19.2 Å². The number of hydrogen-bond acceptors (Lipinski definition) is 4. The van der Waals surface area contributed by atoms with E-state index in [0.29, 0.717) is 12.0 Å². The van der Waals surface area contributed by atoms with Crippen LogP contribution in [0.25, 0.3) is 0 Å². The number of rotatable bonds is 5. The van der Waals surface area contributed by atoms with Gasteiger partial charge in [-0.1, -0.05) is 25.1 Å². The molecular weight excluding hydrogens is 288 g/mol. The summed E-state index contributed by atoms with van der Waals surface area (Å²) in [5.74, 6) is 0.186. The second kappa shape index (κ2) is 6.05. The van der Waals surface area contributed by atoms with E-state index in [-0.39, 0.29) is 16.5 Å². The average molecular weight is 304 g/mol. The number of anilines is 1. The fourth-order valence-electron chi connectivity index (χ4n) is 1.82. The summed E-state index contributed by atoms with van der Waals surface area (Å²) in [5, 5.41) is 0. The fraction of sp³-hybridized carbons (Fsp3) is 0.200. The summed E-state index contributed by atoms with van der Waals surface area (Å²) >= 11 is 0. The zero-order valence-corrected chi connectivity index (χ0v) is 12.6. The van der Waals surface area contributed by atoms with Crippen LogP contribution < -0.4 is 4.72 Å². The maximum Gasteiger partial charge on any atom is 0.263 e. The highest BCUT2D eigenvalue weighted by molar-refractivity contribution is 7.92. The van der Waals surface area contributed by atoms with Gasteiger partial charge in [-0.3, -0.25) is 9.52 Å². The van der Waals surface area contributed by atoms with E-state index in [2.05, 4.69) is 9.71 Å². The van der Waals surface area contributed by atoms with Gasteiger partial charge < -0.3 is 0 Å². The first kappa shape index (κ1) is 15.2. The molecule has 0 fully saturated rings. The summed E-state index contributed by atoms with van der Waals surface area (Å²) in [5.41, 5.74) is 1.11. The lowest BCUT2D eigenvalue weighted by Crippen LogP contribution is -2.15. The van der Waals surface area contributed by atoms with Crippen LogP contribution in [-0.2, 0) is 10.0 Å². The summed E-state index contributed by atoms with van der Waals surface area (Å²) in [4.78, 5) is 15.7. The third-order valence-electron chi connectivity index (χ3n) is 3.03. The number of Topliss-reactive ketones (excluding diaryl/α,β-unsaturated/α-hetero) is 1. The van der Waals surface area contributed by atoms with Gasteiger partial charge in [-0.15, -0.1) is 0 Å². The molecule has 21 heavy (non-hydrogen) atoms. The van der Waals surface area contributed by atoms with Crippen LogP contribution in [0.15, 0.2) is 47.5 Å². The van der Waals surface area contributed by atoms with Gasteiger partial charge in [0.25, 0.3) is 10.0 Å². The molecule has 0 aliphatic carbocycles. The number of carbonyl (C=O) groups is 1. The Kier molecular flexibility index (Phi) is 4.37. The minimum Gasteiger partial charge on any atom is -0.294 e. The van der Waals surface area contributed by atoms with Crippen LogP contribution >= 0.6 is 0 Å². The average Bonchev–Trinajstić information content (AvgIpc) is 2.49. The smallest absolute Gasteiger partial charge is 0.263 e. The largest absolute Gasteiger partial charge is 0.294 e. The maximum atomic E-state index is 12.4. The molecule has 5 nitrogen and oxygen atoms in total. The Morgan fingerprint density at radius 1 is 1.24 bits per heavy atom. The second-order valence-electron chi connectivity index (χ2n) is 4.58. The molecule has 0 aliphatic rings. The molecule has 6 heteroatoms. The van der Waals surface area contributed by atoms with Crippen LogP contribution in [0.4, 0.5) is 5.82 Å². The number of sulfonamides is 1. The number of carbonyl (C=O) groups excluding carboxylic acids is 1. The van der Waals surface area contributed by atoms with Gasteiger partial charge in [-0.05, 0) is 30.7 Å². The number of aryl methyl sites for hydroxylation is 1. The number of aromatic nitrogens is 1. The zero-order chi connectivity index (χ0) is 15.5. The number of ketones is 1. The maximum absolute atomic E-state index is 12.4. The highest BCUT2D eigenvalue weighted by atomic mass is 32.2. The lowest BCUT2D eigenvalue weighted by molar-refractivity contribution is 0.0988. The molecule has 2 rings (SSSR count). The van der Waals surface area contributed by atoms with Crippen LogP contribution in [0, 0.1) is 6.92 Å². The van der Waals surface area contributed by atoms with Gasteiger partial charge in [-0.2, -0.15) is 0 Å². The van der Waals surface area contributed by atoms with E-state index in [1.165, 1.54) is 18.3 Å². The lowest BCUT2D eigenvalue weighted by atomic mass is 10.1. The van der Waals surface area contributed by atoms with Crippen molar-refractivity contribution in [3.05, 3.63) is 53.7 Å². The van der Waals surface area contributed by atoms with Gasteiger partial charge in [0.05, 0.1) is 4.90 Å². The monoisotopic (exact) mass is 304 g/mol. The minimum absolute atomic E-state index is 0.0480. The van der Waals surface area contributed by atoms with E-state index in [1.54, 1.807) is 38.1 Å².